The summed E-state index contributed by atoms with van der Waals surface area (Å²) in [6.45, 7) is 3.11. The van der Waals surface area contributed by atoms with Crippen LogP contribution in [0.25, 0.3) is 0 Å². The number of nitrogens with two attached hydrogens (primary N) is 1. The lowest BCUT2D eigenvalue weighted by molar-refractivity contribution is -0.121. The highest BCUT2D eigenvalue weighted by atomic mass is 16.6. The first-order valence-electron chi connectivity index (χ1n) is 4.59. The van der Waals surface area contributed by atoms with Crippen molar-refractivity contribution in [2.75, 3.05) is 26.2 Å². The van der Waals surface area contributed by atoms with Crippen LogP contribution in [0.3, 0.4) is 0 Å². The molecule has 0 bridgehead atoms. The van der Waals surface area contributed by atoms with Gasteiger partial charge in [0.05, 0.1) is 6.54 Å². The monoisotopic (exact) mass is 201 g/mol. The van der Waals surface area contributed by atoms with Crippen molar-refractivity contribution in [1.82, 2.24) is 10.2 Å². The van der Waals surface area contributed by atoms with Crippen LogP contribution >= 0.6 is 0 Å². The number of amides is 2. The van der Waals surface area contributed by atoms with Gasteiger partial charge in [-0.25, -0.2) is 4.79 Å². The van der Waals surface area contributed by atoms with Crippen LogP contribution in [0, 0.1) is 0 Å². The molecule has 0 aromatic rings. The van der Waals surface area contributed by atoms with E-state index in [4.69, 9.17) is 10.5 Å². The van der Waals surface area contributed by atoms with Crippen LogP contribution < -0.4 is 11.1 Å². The molecule has 0 aliphatic carbocycles. The fourth-order valence-electron chi connectivity index (χ4n) is 1.25. The maximum atomic E-state index is 11.2. The number of nitrogens with zero attached hydrogens (tertiary/aromatic N) is 1. The van der Waals surface area contributed by atoms with E-state index < -0.39 is 6.09 Å². The molecule has 1 aliphatic heterocycles. The Hall–Kier alpha value is -1.30. The lowest BCUT2D eigenvalue weighted by Crippen LogP contribution is -2.38. The lowest BCUT2D eigenvalue weighted by Gasteiger charge is -2.11. The average molecular weight is 201 g/mol. The SMILES string of the molecule is CCNC(=O)CN1CC(CN)OC1=O. The third-order valence-corrected chi connectivity index (χ3v) is 1.92. The van der Waals surface area contributed by atoms with Gasteiger partial charge in [0.1, 0.15) is 12.6 Å². The summed E-state index contributed by atoms with van der Waals surface area (Å²) in [5.41, 5.74) is 5.34. The van der Waals surface area contributed by atoms with Crippen LogP contribution in [0.15, 0.2) is 0 Å². The van der Waals surface area contributed by atoms with Crippen molar-refractivity contribution in [3.63, 3.8) is 0 Å². The number of nitrogens with one attached hydrogen (secondary N) is 1. The van der Waals surface area contributed by atoms with E-state index in [2.05, 4.69) is 5.32 Å². The molecule has 2 amide bonds. The van der Waals surface area contributed by atoms with Crippen molar-refractivity contribution >= 4 is 12.0 Å². The molecule has 1 aliphatic rings. The van der Waals surface area contributed by atoms with E-state index in [-0.39, 0.29) is 25.1 Å². The predicted octanol–water partition coefficient (Wildman–Crippen LogP) is -1.10. The molecule has 1 unspecified atom stereocenters. The molecule has 0 aromatic heterocycles. The van der Waals surface area contributed by atoms with Crippen molar-refractivity contribution in [1.29, 1.82) is 0 Å². The van der Waals surface area contributed by atoms with Crippen molar-refractivity contribution in [2.24, 2.45) is 5.73 Å². The maximum Gasteiger partial charge on any atom is 0.410 e. The molecule has 0 radical (unpaired) electrons. The first kappa shape index (κ1) is 10.8. The molecule has 6 heteroatoms. The van der Waals surface area contributed by atoms with E-state index in [0.717, 1.165) is 0 Å². The minimum Gasteiger partial charge on any atom is -0.443 e. The number of hydrogen-bond acceptors (Lipinski definition) is 4. The summed E-state index contributed by atoms with van der Waals surface area (Å²) in [6, 6.07) is 0. The molecule has 14 heavy (non-hydrogen) atoms. The first-order valence-corrected chi connectivity index (χ1v) is 4.59. The van der Waals surface area contributed by atoms with Crippen LogP contribution in [0.5, 0.6) is 0 Å². The van der Waals surface area contributed by atoms with Gasteiger partial charge in [-0.15, -0.1) is 0 Å². The number of likely N-dealkylation sites (N-methyl/N-ethyl adjacent to an activating group) is 1. The summed E-state index contributed by atoms with van der Waals surface area (Å²) < 4.78 is 4.88. The molecule has 1 fully saturated rings. The van der Waals surface area contributed by atoms with E-state index in [1.807, 2.05) is 6.92 Å². The van der Waals surface area contributed by atoms with Crippen LogP contribution in [0.4, 0.5) is 4.79 Å². The first-order chi connectivity index (χ1) is 6.67. The minimum absolute atomic E-state index is 0.0448. The summed E-state index contributed by atoms with van der Waals surface area (Å²) >= 11 is 0. The van der Waals surface area contributed by atoms with Gasteiger partial charge in [0.15, 0.2) is 0 Å². The Labute approximate surface area is 82.4 Å². The second-order valence-electron chi connectivity index (χ2n) is 3.08. The highest BCUT2D eigenvalue weighted by molar-refractivity contribution is 5.82. The molecule has 1 heterocycles. The van der Waals surface area contributed by atoms with E-state index in [9.17, 15) is 9.59 Å². The molecule has 0 saturated carbocycles. The van der Waals surface area contributed by atoms with E-state index in [1.54, 1.807) is 0 Å². The van der Waals surface area contributed by atoms with Gasteiger partial charge in [0.2, 0.25) is 5.91 Å². The largest absolute Gasteiger partial charge is 0.443 e. The van der Waals surface area contributed by atoms with Gasteiger partial charge in [0.25, 0.3) is 0 Å². The second-order valence-corrected chi connectivity index (χ2v) is 3.08. The Kier molecular flexibility index (Phi) is 3.70. The van der Waals surface area contributed by atoms with Crippen LogP contribution in [0.2, 0.25) is 0 Å². The summed E-state index contributed by atoms with van der Waals surface area (Å²) in [5.74, 6) is -0.179. The molecule has 1 atom stereocenters. The minimum atomic E-state index is -0.466. The lowest BCUT2D eigenvalue weighted by atomic mass is 10.3. The third-order valence-electron chi connectivity index (χ3n) is 1.92. The smallest absolute Gasteiger partial charge is 0.410 e. The zero-order valence-electron chi connectivity index (χ0n) is 8.16. The van der Waals surface area contributed by atoms with E-state index in [0.29, 0.717) is 13.1 Å². The fraction of sp³-hybridized carbons (Fsp3) is 0.750. The van der Waals surface area contributed by atoms with Crippen molar-refractivity contribution in [3.8, 4) is 0 Å². The van der Waals surface area contributed by atoms with Crippen LogP contribution in [0.1, 0.15) is 6.92 Å². The normalized spacial score (nSPS) is 20.9. The molecule has 3 N–H and O–H groups in total. The quantitative estimate of drug-likeness (QED) is 0.604. The molecular weight excluding hydrogens is 186 g/mol. The number of cyclic esters (lactones) is 1. The van der Waals surface area contributed by atoms with E-state index >= 15 is 0 Å². The molecule has 6 nitrogen and oxygen atoms in total. The topological polar surface area (TPSA) is 84.7 Å². The number of hydrogen-bond donors (Lipinski definition) is 2. The third kappa shape index (κ3) is 2.59. The zero-order valence-corrected chi connectivity index (χ0v) is 8.16. The average Bonchev–Trinajstić information content (AvgIpc) is 2.48. The number of carbonyl (C=O) groups is 2. The number of rotatable bonds is 4. The number of ether oxygens (including phenoxy) is 1. The molecule has 1 rings (SSSR count). The molecular formula is C8H15N3O3. The van der Waals surface area contributed by atoms with Gasteiger partial charge < -0.3 is 15.8 Å². The Balaban J connectivity index is 2.38. The Bertz CT molecular complexity index is 232. The van der Waals surface area contributed by atoms with Gasteiger partial charge in [0, 0.05) is 13.1 Å². The van der Waals surface area contributed by atoms with E-state index in [1.165, 1.54) is 4.90 Å². The van der Waals surface area contributed by atoms with Gasteiger partial charge >= 0.3 is 6.09 Å². The maximum absolute atomic E-state index is 11.2. The Morgan fingerprint density at radius 1 is 1.79 bits per heavy atom. The highest BCUT2D eigenvalue weighted by Crippen LogP contribution is 2.09. The van der Waals surface area contributed by atoms with Gasteiger partial charge in [-0.3, -0.25) is 9.69 Å². The summed E-state index contributed by atoms with van der Waals surface area (Å²) in [4.78, 5) is 23.6. The van der Waals surface area contributed by atoms with Crippen LogP contribution in [-0.4, -0.2) is 49.2 Å². The number of carbonyl (C=O) groups excluding carboxylic acids is 2. The predicted molar refractivity (Wildman–Crippen MR) is 49.6 cm³/mol. The highest BCUT2D eigenvalue weighted by Gasteiger charge is 2.31. The summed E-state index contributed by atoms with van der Waals surface area (Å²) in [5, 5.41) is 2.61. The molecule has 0 spiro atoms. The standard InChI is InChI=1S/C8H15N3O3/c1-2-10-7(12)5-11-4-6(3-9)14-8(11)13/h6H,2-5,9H2,1H3,(H,10,12). The Morgan fingerprint density at radius 3 is 3.00 bits per heavy atom. The molecule has 1 saturated heterocycles. The van der Waals surface area contributed by atoms with Gasteiger partial charge in [-0.05, 0) is 6.92 Å². The zero-order chi connectivity index (χ0) is 10.6. The Morgan fingerprint density at radius 2 is 2.50 bits per heavy atom. The molecule has 80 valence electrons. The summed E-state index contributed by atoms with van der Waals surface area (Å²) in [6.07, 6.45) is -0.747. The van der Waals surface area contributed by atoms with Gasteiger partial charge in [-0.1, -0.05) is 0 Å². The van der Waals surface area contributed by atoms with Crippen molar-refractivity contribution in [3.05, 3.63) is 0 Å². The van der Waals surface area contributed by atoms with Crippen molar-refractivity contribution < 1.29 is 14.3 Å². The van der Waals surface area contributed by atoms with Gasteiger partial charge in [-0.2, -0.15) is 0 Å². The fourth-order valence-corrected chi connectivity index (χ4v) is 1.25. The second kappa shape index (κ2) is 4.80. The molecule has 0 aromatic carbocycles. The summed E-state index contributed by atoms with van der Waals surface area (Å²) in [7, 11) is 0. The van der Waals surface area contributed by atoms with Crippen molar-refractivity contribution in [2.45, 2.75) is 13.0 Å². The van der Waals surface area contributed by atoms with Crippen LogP contribution in [-0.2, 0) is 9.53 Å².